The molecule has 0 fully saturated rings. The number of nitrogens with one attached hydrogen (secondary N) is 2. The van der Waals surface area contributed by atoms with Gasteiger partial charge in [0.25, 0.3) is 5.91 Å². The fourth-order valence-electron chi connectivity index (χ4n) is 4.35. The van der Waals surface area contributed by atoms with Gasteiger partial charge in [0.15, 0.2) is 11.5 Å². The Morgan fingerprint density at radius 1 is 1.00 bits per heavy atom. The lowest BCUT2D eigenvalue weighted by atomic mass is 9.89. The Bertz CT molecular complexity index is 1400. The summed E-state index contributed by atoms with van der Waals surface area (Å²) in [5.41, 5.74) is 3.88. The van der Waals surface area contributed by atoms with Gasteiger partial charge in [0.05, 0.1) is 32.1 Å². The number of aryl methyl sites for hydroxylation is 1. The van der Waals surface area contributed by atoms with Gasteiger partial charge < -0.3 is 24.5 Å². The standard InChI is InChI=1S/C28H29N3O5/c1-5-36-28(33)18-13-14-24(31-17(18)2)27(32)30-16-22(20-10-8-12-25(34-3)26(20)35-4)21-15-29-23-11-7-6-9-19(21)23/h6-15,22,29H,5,16H2,1-4H3,(H,30,32). The zero-order valence-electron chi connectivity index (χ0n) is 20.8. The van der Waals surface area contributed by atoms with E-state index in [1.165, 1.54) is 6.07 Å². The van der Waals surface area contributed by atoms with Gasteiger partial charge in [0.1, 0.15) is 5.69 Å². The van der Waals surface area contributed by atoms with Crippen LogP contribution in [0.3, 0.4) is 0 Å². The number of hydrogen-bond acceptors (Lipinski definition) is 6. The normalized spacial score (nSPS) is 11.7. The molecule has 0 aliphatic heterocycles. The summed E-state index contributed by atoms with van der Waals surface area (Å²) >= 11 is 0. The highest BCUT2D eigenvalue weighted by Crippen LogP contribution is 2.40. The minimum Gasteiger partial charge on any atom is -0.493 e. The average molecular weight is 488 g/mol. The lowest BCUT2D eigenvalue weighted by Gasteiger charge is -2.22. The van der Waals surface area contributed by atoms with Crippen LogP contribution in [0.2, 0.25) is 0 Å². The number of para-hydroxylation sites is 2. The van der Waals surface area contributed by atoms with E-state index in [2.05, 4.69) is 15.3 Å². The summed E-state index contributed by atoms with van der Waals surface area (Å²) in [4.78, 5) is 32.8. The molecule has 1 unspecified atom stereocenters. The number of aromatic nitrogens is 2. The second kappa shape index (κ2) is 10.9. The maximum Gasteiger partial charge on any atom is 0.339 e. The molecule has 2 N–H and O–H groups in total. The van der Waals surface area contributed by atoms with Crippen LogP contribution in [0.15, 0.2) is 60.8 Å². The molecule has 1 atom stereocenters. The lowest BCUT2D eigenvalue weighted by Crippen LogP contribution is -2.30. The number of esters is 1. The van der Waals surface area contributed by atoms with E-state index >= 15 is 0 Å². The zero-order valence-corrected chi connectivity index (χ0v) is 20.8. The third kappa shape index (κ3) is 4.88. The van der Waals surface area contributed by atoms with E-state index in [0.29, 0.717) is 22.8 Å². The van der Waals surface area contributed by atoms with Crippen molar-refractivity contribution in [3.8, 4) is 11.5 Å². The number of carbonyl (C=O) groups excluding carboxylic acids is 2. The van der Waals surface area contributed by atoms with Gasteiger partial charge in [-0.3, -0.25) is 4.79 Å². The fraction of sp³-hybridized carbons (Fsp3) is 0.250. The van der Waals surface area contributed by atoms with Crippen LogP contribution < -0.4 is 14.8 Å². The van der Waals surface area contributed by atoms with Gasteiger partial charge in [0, 0.05) is 35.1 Å². The zero-order chi connectivity index (χ0) is 25.7. The molecule has 8 heteroatoms. The van der Waals surface area contributed by atoms with Crippen molar-refractivity contribution in [2.45, 2.75) is 19.8 Å². The number of rotatable bonds is 9. The van der Waals surface area contributed by atoms with Gasteiger partial charge in [-0.05, 0) is 43.7 Å². The topological polar surface area (TPSA) is 103 Å². The van der Waals surface area contributed by atoms with Crippen LogP contribution in [-0.4, -0.2) is 49.2 Å². The largest absolute Gasteiger partial charge is 0.493 e. The number of aromatic amines is 1. The number of H-pyrrole nitrogens is 1. The Morgan fingerprint density at radius 3 is 2.53 bits per heavy atom. The minimum absolute atomic E-state index is 0.218. The van der Waals surface area contributed by atoms with E-state index in [4.69, 9.17) is 14.2 Å². The van der Waals surface area contributed by atoms with Crippen molar-refractivity contribution in [3.63, 3.8) is 0 Å². The molecule has 0 radical (unpaired) electrons. The summed E-state index contributed by atoms with van der Waals surface area (Å²) < 4.78 is 16.3. The summed E-state index contributed by atoms with van der Waals surface area (Å²) in [5, 5.41) is 4.06. The number of amides is 1. The summed E-state index contributed by atoms with van der Waals surface area (Å²) in [6.07, 6.45) is 1.96. The molecule has 0 aliphatic carbocycles. The highest BCUT2D eigenvalue weighted by atomic mass is 16.5. The second-order valence-electron chi connectivity index (χ2n) is 8.18. The first-order valence-electron chi connectivity index (χ1n) is 11.7. The summed E-state index contributed by atoms with van der Waals surface area (Å²) in [5.74, 6) is 0.171. The van der Waals surface area contributed by atoms with Crippen LogP contribution in [0.4, 0.5) is 0 Å². The molecule has 0 bridgehead atoms. The summed E-state index contributed by atoms with van der Waals surface area (Å²) in [6.45, 7) is 3.97. The van der Waals surface area contributed by atoms with Gasteiger partial charge in [-0.25, -0.2) is 9.78 Å². The SMILES string of the molecule is CCOC(=O)c1ccc(C(=O)NCC(c2cccc(OC)c2OC)c2c[nH]c3ccccc23)nc1C. The van der Waals surface area contributed by atoms with Crippen LogP contribution in [0.25, 0.3) is 10.9 Å². The van der Waals surface area contributed by atoms with Gasteiger partial charge in [-0.2, -0.15) is 0 Å². The number of nitrogens with zero attached hydrogens (tertiary/aromatic N) is 1. The third-order valence-electron chi connectivity index (χ3n) is 6.09. The number of pyridine rings is 1. The van der Waals surface area contributed by atoms with E-state index in [0.717, 1.165) is 22.0 Å². The first-order chi connectivity index (χ1) is 17.5. The third-order valence-corrected chi connectivity index (χ3v) is 6.09. The Hall–Kier alpha value is -4.33. The molecule has 0 spiro atoms. The predicted molar refractivity (Wildman–Crippen MR) is 137 cm³/mol. The van der Waals surface area contributed by atoms with E-state index in [1.54, 1.807) is 34.1 Å². The van der Waals surface area contributed by atoms with Crippen LogP contribution in [0.5, 0.6) is 11.5 Å². The maximum absolute atomic E-state index is 13.1. The molecule has 0 aliphatic rings. The molecule has 0 saturated heterocycles. The first kappa shape index (κ1) is 24.8. The van der Waals surface area contributed by atoms with Gasteiger partial charge >= 0.3 is 5.97 Å². The minimum atomic E-state index is -0.459. The van der Waals surface area contributed by atoms with E-state index < -0.39 is 5.97 Å². The maximum atomic E-state index is 13.1. The molecular weight excluding hydrogens is 458 g/mol. The number of ether oxygens (including phenoxy) is 3. The monoisotopic (exact) mass is 487 g/mol. The fourth-order valence-corrected chi connectivity index (χ4v) is 4.35. The van der Waals surface area contributed by atoms with Gasteiger partial charge in [-0.1, -0.05) is 30.3 Å². The van der Waals surface area contributed by atoms with Crippen molar-refractivity contribution in [2.75, 3.05) is 27.4 Å². The van der Waals surface area contributed by atoms with Crippen LogP contribution in [-0.2, 0) is 4.74 Å². The molecule has 186 valence electrons. The molecule has 2 aromatic carbocycles. The van der Waals surface area contributed by atoms with Crippen molar-refractivity contribution in [1.82, 2.24) is 15.3 Å². The van der Waals surface area contributed by atoms with E-state index in [1.807, 2.05) is 48.7 Å². The Balaban J connectivity index is 1.67. The molecule has 2 aromatic heterocycles. The van der Waals surface area contributed by atoms with Crippen molar-refractivity contribution in [1.29, 1.82) is 0 Å². The predicted octanol–water partition coefficient (Wildman–Crippen LogP) is 4.63. The van der Waals surface area contributed by atoms with Gasteiger partial charge in [0.2, 0.25) is 0 Å². The molecule has 36 heavy (non-hydrogen) atoms. The average Bonchev–Trinajstić information content (AvgIpc) is 3.32. The number of benzene rings is 2. The Kier molecular flexibility index (Phi) is 7.53. The summed E-state index contributed by atoms with van der Waals surface area (Å²) in [6, 6.07) is 16.8. The molecular formula is C28H29N3O5. The van der Waals surface area contributed by atoms with Crippen LogP contribution in [0.1, 0.15) is 50.5 Å². The number of carbonyl (C=O) groups is 2. The summed E-state index contributed by atoms with van der Waals surface area (Å²) in [7, 11) is 3.20. The molecule has 4 aromatic rings. The van der Waals surface area contributed by atoms with Crippen molar-refractivity contribution >= 4 is 22.8 Å². The highest BCUT2D eigenvalue weighted by molar-refractivity contribution is 5.95. The number of hydrogen-bond donors (Lipinski definition) is 2. The number of methoxy groups -OCH3 is 2. The molecule has 0 saturated carbocycles. The second-order valence-corrected chi connectivity index (χ2v) is 8.18. The van der Waals surface area contributed by atoms with E-state index in [-0.39, 0.29) is 30.7 Å². The highest BCUT2D eigenvalue weighted by Gasteiger charge is 2.25. The van der Waals surface area contributed by atoms with Crippen molar-refractivity contribution in [2.24, 2.45) is 0 Å². The molecule has 8 nitrogen and oxygen atoms in total. The van der Waals surface area contributed by atoms with Gasteiger partial charge in [-0.15, -0.1) is 0 Å². The lowest BCUT2D eigenvalue weighted by molar-refractivity contribution is 0.0524. The quantitative estimate of drug-likeness (QED) is 0.334. The number of fused-ring (bicyclic) bond motifs is 1. The van der Waals surface area contributed by atoms with Crippen molar-refractivity contribution < 1.29 is 23.8 Å². The smallest absolute Gasteiger partial charge is 0.339 e. The van der Waals surface area contributed by atoms with Crippen LogP contribution in [0, 0.1) is 6.92 Å². The van der Waals surface area contributed by atoms with Crippen LogP contribution >= 0.6 is 0 Å². The Morgan fingerprint density at radius 2 is 1.81 bits per heavy atom. The molecule has 2 heterocycles. The first-order valence-corrected chi connectivity index (χ1v) is 11.7. The molecule has 4 rings (SSSR count). The van der Waals surface area contributed by atoms with Crippen molar-refractivity contribution in [3.05, 3.63) is 88.9 Å². The Labute approximate surface area is 209 Å². The van der Waals surface area contributed by atoms with E-state index in [9.17, 15) is 9.59 Å². The molecule has 1 amide bonds.